The van der Waals surface area contributed by atoms with Crippen LogP contribution in [-0.2, 0) is 9.84 Å². The van der Waals surface area contributed by atoms with Crippen LogP contribution in [0, 0.1) is 0 Å². The Kier molecular flexibility index (Phi) is 5.25. The normalized spacial score (nSPS) is 26.8. The summed E-state index contributed by atoms with van der Waals surface area (Å²) in [6.45, 7) is 4.13. The first kappa shape index (κ1) is 19.1. The van der Waals surface area contributed by atoms with Crippen molar-refractivity contribution in [3.8, 4) is 0 Å². The van der Waals surface area contributed by atoms with Crippen LogP contribution in [0.1, 0.15) is 37.7 Å². The number of aliphatic hydroxyl groups is 1. The molecule has 1 aliphatic heterocycles. The summed E-state index contributed by atoms with van der Waals surface area (Å²) >= 11 is 0. The molecular formula is C20H26N4O3S. The molecule has 1 unspecified atom stereocenters. The summed E-state index contributed by atoms with van der Waals surface area (Å²) in [6.07, 6.45) is 5.57. The predicted octanol–water partition coefficient (Wildman–Crippen LogP) is 2.09. The molecule has 150 valence electrons. The second-order valence-corrected chi connectivity index (χ2v) is 10.0. The molecule has 0 radical (unpaired) electrons. The molecular weight excluding hydrogens is 376 g/mol. The number of aromatic nitrogens is 2. The molecule has 1 saturated heterocycles. The van der Waals surface area contributed by atoms with Crippen LogP contribution in [0.3, 0.4) is 0 Å². The molecule has 7 nitrogen and oxygen atoms in total. The molecule has 2 heterocycles. The Morgan fingerprint density at radius 2 is 1.93 bits per heavy atom. The molecule has 8 heteroatoms. The fourth-order valence-electron chi connectivity index (χ4n) is 4.00. The van der Waals surface area contributed by atoms with Gasteiger partial charge in [-0.2, -0.15) is 0 Å². The van der Waals surface area contributed by atoms with Crippen LogP contribution >= 0.6 is 0 Å². The molecule has 0 spiro atoms. The van der Waals surface area contributed by atoms with Gasteiger partial charge in [-0.25, -0.2) is 18.4 Å². The number of rotatable bonds is 5. The average molecular weight is 403 g/mol. The quantitative estimate of drug-likeness (QED) is 0.703. The Balaban J connectivity index is 1.54. The minimum absolute atomic E-state index is 0.110. The minimum Gasteiger partial charge on any atom is -0.393 e. The van der Waals surface area contributed by atoms with Gasteiger partial charge in [0.25, 0.3) is 0 Å². The number of nitrogens with zero attached hydrogens (tertiary/aromatic N) is 2. The maximum atomic E-state index is 11.7. The largest absolute Gasteiger partial charge is 0.393 e. The van der Waals surface area contributed by atoms with Crippen molar-refractivity contribution >= 4 is 32.4 Å². The smallest absolute Gasteiger partial charge is 0.223 e. The number of para-hydroxylation sites is 1. The summed E-state index contributed by atoms with van der Waals surface area (Å²) in [5, 5.41) is 17.2. The van der Waals surface area contributed by atoms with E-state index in [1.54, 1.807) is 6.20 Å². The third-order valence-corrected chi connectivity index (χ3v) is 7.34. The van der Waals surface area contributed by atoms with Crippen LogP contribution < -0.4 is 10.6 Å². The average Bonchev–Trinajstić information content (AvgIpc) is 3.01. The molecule has 2 fully saturated rings. The van der Waals surface area contributed by atoms with Gasteiger partial charge in [0.05, 0.1) is 23.1 Å². The standard InChI is InChI=1S/C20H26N4O3S/c1-13(22-16-9-10-28(26,27)12-16)18-4-2-3-14-11-21-20(24-19(14)18)23-15-5-7-17(25)8-6-15/h2-4,11,15-17,22,25H,1,5-10,12H2,(H,21,23,24)/t15-,16?,17-. The lowest BCUT2D eigenvalue weighted by Gasteiger charge is -2.26. The van der Waals surface area contributed by atoms with Crippen LogP contribution in [-0.4, -0.2) is 53.2 Å². The van der Waals surface area contributed by atoms with Crippen molar-refractivity contribution in [1.82, 2.24) is 15.3 Å². The van der Waals surface area contributed by atoms with E-state index in [1.807, 2.05) is 18.2 Å². The monoisotopic (exact) mass is 402 g/mol. The van der Waals surface area contributed by atoms with E-state index in [9.17, 15) is 13.5 Å². The SMILES string of the molecule is C=C(NC1CCS(=O)(=O)C1)c1cccc2cnc(N[C@H]3CC[C@H](O)CC3)nc12. The number of nitrogens with one attached hydrogen (secondary N) is 2. The van der Waals surface area contributed by atoms with Crippen molar-refractivity contribution in [1.29, 1.82) is 0 Å². The third-order valence-electron chi connectivity index (χ3n) is 5.58. The van der Waals surface area contributed by atoms with E-state index in [2.05, 4.69) is 22.2 Å². The zero-order valence-electron chi connectivity index (χ0n) is 15.8. The zero-order valence-corrected chi connectivity index (χ0v) is 16.6. The molecule has 1 aliphatic carbocycles. The number of hydrogen-bond donors (Lipinski definition) is 3. The van der Waals surface area contributed by atoms with Crippen molar-refractivity contribution in [3.63, 3.8) is 0 Å². The number of hydrogen-bond acceptors (Lipinski definition) is 7. The summed E-state index contributed by atoms with van der Waals surface area (Å²) in [5.74, 6) is 0.934. The number of aliphatic hydroxyl groups excluding tert-OH is 1. The van der Waals surface area contributed by atoms with Gasteiger partial charge in [0, 0.05) is 34.9 Å². The van der Waals surface area contributed by atoms with E-state index < -0.39 is 9.84 Å². The molecule has 1 aromatic heterocycles. The first-order valence-corrected chi connectivity index (χ1v) is 11.6. The summed E-state index contributed by atoms with van der Waals surface area (Å²) in [4.78, 5) is 9.14. The van der Waals surface area contributed by atoms with E-state index in [-0.39, 0.29) is 29.7 Å². The first-order valence-electron chi connectivity index (χ1n) is 9.76. The molecule has 3 N–H and O–H groups in total. The van der Waals surface area contributed by atoms with Crippen molar-refractivity contribution in [2.75, 3.05) is 16.8 Å². The Hall–Kier alpha value is -2.19. The summed E-state index contributed by atoms with van der Waals surface area (Å²) in [6, 6.07) is 5.97. The van der Waals surface area contributed by atoms with E-state index in [1.165, 1.54) is 0 Å². The predicted molar refractivity (Wildman–Crippen MR) is 111 cm³/mol. The molecule has 2 aromatic rings. The lowest BCUT2D eigenvalue weighted by molar-refractivity contribution is 0.126. The third kappa shape index (κ3) is 4.28. The van der Waals surface area contributed by atoms with Gasteiger partial charge in [0.2, 0.25) is 5.95 Å². The van der Waals surface area contributed by atoms with E-state index in [0.29, 0.717) is 18.1 Å². The highest BCUT2D eigenvalue weighted by molar-refractivity contribution is 7.91. The van der Waals surface area contributed by atoms with Crippen LogP contribution in [0.5, 0.6) is 0 Å². The Bertz CT molecular complexity index is 984. The van der Waals surface area contributed by atoms with Gasteiger partial charge in [0.15, 0.2) is 9.84 Å². The molecule has 1 saturated carbocycles. The minimum atomic E-state index is -2.95. The van der Waals surface area contributed by atoms with E-state index in [4.69, 9.17) is 4.98 Å². The van der Waals surface area contributed by atoms with Gasteiger partial charge in [-0.3, -0.25) is 0 Å². The number of fused-ring (bicyclic) bond motifs is 1. The van der Waals surface area contributed by atoms with Crippen molar-refractivity contribution < 1.29 is 13.5 Å². The van der Waals surface area contributed by atoms with Crippen LogP contribution in [0.15, 0.2) is 31.0 Å². The summed E-state index contributed by atoms with van der Waals surface area (Å²) in [5.41, 5.74) is 2.32. The maximum Gasteiger partial charge on any atom is 0.223 e. The van der Waals surface area contributed by atoms with Crippen molar-refractivity contribution in [2.45, 2.75) is 50.3 Å². The van der Waals surface area contributed by atoms with Crippen LogP contribution in [0.4, 0.5) is 5.95 Å². The van der Waals surface area contributed by atoms with E-state index in [0.717, 1.165) is 42.1 Å². The fourth-order valence-corrected chi connectivity index (χ4v) is 5.68. The Morgan fingerprint density at radius 3 is 2.64 bits per heavy atom. The summed E-state index contributed by atoms with van der Waals surface area (Å²) in [7, 11) is -2.95. The zero-order chi connectivity index (χ0) is 19.7. The van der Waals surface area contributed by atoms with Gasteiger partial charge in [0.1, 0.15) is 0 Å². The Labute approximate surface area is 165 Å². The van der Waals surface area contributed by atoms with Crippen LogP contribution in [0.25, 0.3) is 16.6 Å². The van der Waals surface area contributed by atoms with Gasteiger partial charge in [-0.05, 0) is 32.1 Å². The highest BCUT2D eigenvalue weighted by Crippen LogP contribution is 2.25. The van der Waals surface area contributed by atoms with Gasteiger partial charge >= 0.3 is 0 Å². The molecule has 4 rings (SSSR count). The Morgan fingerprint density at radius 1 is 1.14 bits per heavy atom. The lowest BCUT2D eigenvalue weighted by atomic mass is 9.93. The molecule has 28 heavy (non-hydrogen) atoms. The molecule has 0 bridgehead atoms. The molecule has 2 aliphatic rings. The van der Waals surface area contributed by atoms with Gasteiger partial charge < -0.3 is 15.7 Å². The topological polar surface area (TPSA) is 104 Å². The molecule has 0 amide bonds. The lowest BCUT2D eigenvalue weighted by Crippen LogP contribution is -2.29. The second-order valence-electron chi connectivity index (χ2n) is 7.81. The molecule has 1 atom stereocenters. The van der Waals surface area contributed by atoms with Crippen LogP contribution in [0.2, 0.25) is 0 Å². The number of sulfone groups is 1. The molecule has 1 aromatic carbocycles. The van der Waals surface area contributed by atoms with Gasteiger partial charge in [-0.1, -0.05) is 24.8 Å². The van der Waals surface area contributed by atoms with Crippen molar-refractivity contribution in [2.24, 2.45) is 0 Å². The highest BCUT2D eigenvalue weighted by atomic mass is 32.2. The van der Waals surface area contributed by atoms with Gasteiger partial charge in [-0.15, -0.1) is 0 Å². The van der Waals surface area contributed by atoms with E-state index >= 15 is 0 Å². The number of anilines is 1. The summed E-state index contributed by atoms with van der Waals surface area (Å²) < 4.78 is 23.4. The maximum absolute atomic E-state index is 11.7. The highest BCUT2D eigenvalue weighted by Gasteiger charge is 2.28. The first-order chi connectivity index (χ1) is 13.4. The fraction of sp³-hybridized carbons (Fsp3) is 0.500. The second kappa shape index (κ2) is 7.67. The number of benzene rings is 1. The van der Waals surface area contributed by atoms with Crippen molar-refractivity contribution in [3.05, 3.63) is 36.5 Å².